The van der Waals surface area contributed by atoms with E-state index >= 15 is 0 Å². The van der Waals surface area contributed by atoms with Crippen molar-refractivity contribution in [2.24, 2.45) is 7.05 Å². The van der Waals surface area contributed by atoms with Crippen LogP contribution in [0.4, 0.5) is 5.69 Å². The molecule has 0 aliphatic carbocycles. The van der Waals surface area contributed by atoms with Crippen molar-refractivity contribution < 1.29 is 9.47 Å². The Balaban J connectivity index is 1.53. The molecule has 7 nitrogen and oxygen atoms in total. The summed E-state index contributed by atoms with van der Waals surface area (Å²) in [5.41, 5.74) is 2.08. The molecule has 1 fully saturated rings. The number of methoxy groups -OCH3 is 2. The second-order valence-electron chi connectivity index (χ2n) is 6.28. The summed E-state index contributed by atoms with van der Waals surface area (Å²) in [7, 11) is 5.22. The molecule has 0 spiro atoms. The maximum Gasteiger partial charge on any atom is 0.173 e. The summed E-state index contributed by atoms with van der Waals surface area (Å²) in [5, 5.41) is 8.24. The van der Waals surface area contributed by atoms with Crippen molar-refractivity contribution in [1.82, 2.24) is 19.6 Å². The Kier molecular flexibility index (Phi) is 5.95. The average Bonchev–Trinajstić information content (AvgIpc) is 3.07. The van der Waals surface area contributed by atoms with Crippen LogP contribution in [0.25, 0.3) is 0 Å². The van der Waals surface area contributed by atoms with Gasteiger partial charge in [-0.15, -0.1) is 0 Å². The standard InChI is InChI=1S/C18H25N5O2S/c1-21-12-14(11-19-21)13-22-6-8-23(9-7-22)18(26)20-16-5-4-15(24-2)10-17(16)25-3/h4-5,10-12H,6-9,13H2,1-3H3,(H,20,26). The van der Waals surface area contributed by atoms with Gasteiger partial charge in [0.25, 0.3) is 0 Å². The molecular formula is C18H25N5O2S. The van der Waals surface area contributed by atoms with E-state index in [-0.39, 0.29) is 0 Å². The van der Waals surface area contributed by atoms with Crippen LogP contribution in [-0.4, -0.2) is 65.1 Å². The van der Waals surface area contributed by atoms with Gasteiger partial charge in [-0.1, -0.05) is 0 Å². The molecule has 1 N–H and O–H groups in total. The lowest BCUT2D eigenvalue weighted by atomic mass is 10.2. The summed E-state index contributed by atoms with van der Waals surface area (Å²) in [6.45, 7) is 4.65. The number of aryl methyl sites for hydroxylation is 1. The predicted molar refractivity (Wildman–Crippen MR) is 106 cm³/mol. The Labute approximate surface area is 159 Å². The third-order valence-electron chi connectivity index (χ3n) is 4.47. The van der Waals surface area contributed by atoms with Crippen molar-refractivity contribution in [2.75, 3.05) is 45.7 Å². The zero-order chi connectivity index (χ0) is 18.5. The fourth-order valence-corrected chi connectivity index (χ4v) is 3.31. The molecule has 3 rings (SSSR count). The quantitative estimate of drug-likeness (QED) is 0.802. The van der Waals surface area contributed by atoms with Crippen molar-refractivity contribution in [3.8, 4) is 11.5 Å². The minimum atomic E-state index is 0.710. The number of benzene rings is 1. The molecule has 1 aromatic heterocycles. The zero-order valence-corrected chi connectivity index (χ0v) is 16.3. The van der Waals surface area contributed by atoms with Crippen LogP contribution < -0.4 is 14.8 Å². The van der Waals surface area contributed by atoms with Gasteiger partial charge in [0, 0.05) is 57.6 Å². The number of piperazine rings is 1. The van der Waals surface area contributed by atoms with Gasteiger partial charge in [-0.25, -0.2) is 0 Å². The molecule has 26 heavy (non-hydrogen) atoms. The molecule has 8 heteroatoms. The molecule has 0 unspecified atom stereocenters. The molecule has 1 aliphatic heterocycles. The number of rotatable bonds is 5. The highest BCUT2D eigenvalue weighted by molar-refractivity contribution is 7.80. The first-order valence-electron chi connectivity index (χ1n) is 8.57. The first-order chi connectivity index (χ1) is 12.6. The topological polar surface area (TPSA) is 54.8 Å². The van der Waals surface area contributed by atoms with Gasteiger partial charge in [0.15, 0.2) is 5.11 Å². The Morgan fingerprint density at radius 1 is 1.19 bits per heavy atom. The summed E-state index contributed by atoms with van der Waals surface area (Å²) in [6, 6.07) is 5.65. The summed E-state index contributed by atoms with van der Waals surface area (Å²) >= 11 is 5.59. The van der Waals surface area contributed by atoms with Crippen LogP contribution >= 0.6 is 12.2 Å². The van der Waals surface area contributed by atoms with Crippen LogP contribution in [-0.2, 0) is 13.6 Å². The predicted octanol–water partition coefficient (Wildman–Crippen LogP) is 1.95. The van der Waals surface area contributed by atoms with E-state index in [9.17, 15) is 0 Å². The van der Waals surface area contributed by atoms with E-state index in [0.717, 1.165) is 49.3 Å². The highest BCUT2D eigenvalue weighted by Gasteiger charge is 2.20. The smallest absolute Gasteiger partial charge is 0.173 e. The van der Waals surface area contributed by atoms with Gasteiger partial charge >= 0.3 is 0 Å². The molecule has 2 heterocycles. The minimum Gasteiger partial charge on any atom is -0.497 e. The van der Waals surface area contributed by atoms with E-state index < -0.39 is 0 Å². The van der Waals surface area contributed by atoms with Crippen LogP contribution in [0.1, 0.15) is 5.56 Å². The van der Waals surface area contributed by atoms with E-state index in [2.05, 4.69) is 26.4 Å². The molecular weight excluding hydrogens is 350 g/mol. The monoisotopic (exact) mass is 375 g/mol. The average molecular weight is 375 g/mol. The largest absolute Gasteiger partial charge is 0.497 e. The van der Waals surface area contributed by atoms with E-state index in [1.807, 2.05) is 36.1 Å². The molecule has 1 aliphatic rings. The molecule has 140 valence electrons. The van der Waals surface area contributed by atoms with E-state index in [4.69, 9.17) is 21.7 Å². The van der Waals surface area contributed by atoms with Crippen LogP contribution in [0.3, 0.4) is 0 Å². The molecule has 0 atom stereocenters. The number of thiocarbonyl (C=S) groups is 1. The maximum absolute atomic E-state index is 5.59. The third kappa shape index (κ3) is 4.44. The Morgan fingerprint density at radius 3 is 2.58 bits per heavy atom. The number of nitrogens with one attached hydrogen (secondary N) is 1. The number of hydrogen-bond acceptors (Lipinski definition) is 5. The van der Waals surface area contributed by atoms with Crippen molar-refractivity contribution in [3.05, 3.63) is 36.2 Å². The van der Waals surface area contributed by atoms with Gasteiger partial charge in [-0.3, -0.25) is 9.58 Å². The second kappa shape index (κ2) is 8.37. The molecule has 0 radical (unpaired) electrons. The number of aromatic nitrogens is 2. The highest BCUT2D eigenvalue weighted by Crippen LogP contribution is 2.29. The molecule has 0 saturated carbocycles. The van der Waals surface area contributed by atoms with Gasteiger partial charge in [0.2, 0.25) is 0 Å². The number of nitrogens with zero attached hydrogens (tertiary/aromatic N) is 4. The van der Waals surface area contributed by atoms with Crippen LogP contribution in [0.15, 0.2) is 30.6 Å². The van der Waals surface area contributed by atoms with Gasteiger partial charge in [-0.2, -0.15) is 5.10 Å². The summed E-state index contributed by atoms with van der Waals surface area (Å²) in [5.74, 6) is 1.46. The number of ether oxygens (including phenoxy) is 2. The lowest BCUT2D eigenvalue weighted by Gasteiger charge is -2.36. The summed E-state index contributed by atoms with van der Waals surface area (Å²) in [4.78, 5) is 4.61. The first-order valence-corrected chi connectivity index (χ1v) is 8.97. The first kappa shape index (κ1) is 18.5. The number of hydrogen-bond donors (Lipinski definition) is 1. The van der Waals surface area contributed by atoms with Crippen LogP contribution in [0, 0.1) is 0 Å². The van der Waals surface area contributed by atoms with Gasteiger partial charge in [0.05, 0.1) is 26.1 Å². The van der Waals surface area contributed by atoms with Crippen LogP contribution in [0.5, 0.6) is 11.5 Å². The third-order valence-corrected chi connectivity index (χ3v) is 4.83. The van der Waals surface area contributed by atoms with E-state index in [0.29, 0.717) is 5.75 Å². The fraction of sp³-hybridized carbons (Fsp3) is 0.444. The zero-order valence-electron chi connectivity index (χ0n) is 15.4. The fourth-order valence-electron chi connectivity index (χ4n) is 3.02. The van der Waals surface area contributed by atoms with Crippen molar-refractivity contribution in [2.45, 2.75) is 6.54 Å². The molecule has 2 aromatic rings. The van der Waals surface area contributed by atoms with Gasteiger partial charge in [-0.05, 0) is 24.4 Å². The Hall–Kier alpha value is -2.32. The van der Waals surface area contributed by atoms with Gasteiger partial charge in [0.1, 0.15) is 11.5 Å². The van der Waals surface area contributed by atoms with Gasteiger partial charge < -0.3 is 19.7 Å². The van der Waals surface area contributed by atoms with Crippen molar-refractivity contribution >= 4 is 23.0 Å². The molecule has 0 amide bonds. The second-order valence-corrected chi connectivity index (χ2v) is 6.67. The maximum atomic E-state index is 5.59. The highest BCUT2D eigenvalue weighted by atomic mass is 32.1. The summed E-state index contributed by atoms with van der Waals surface area (Å²) in [6.07, 6.45) is 3.99. The lowest BCUT2D eigenvalue weighted by Crippen LogP contribution is -2.49. The number of anilines is 1. The Bertz CT molecular complexity index is 756. The van der Waals surface area contributed by atoms with Crippen molar-refractivity contribution in [1.29, 1.82) is 0 Å². The molecule has 0 bridgehead atoms. The lowest BCUT2D eigenvalue weighted by molar-refractivity contribution is 0.177. The molecule has 1 aromatic carbocycles. The minimum absolute atomic E-state index is 0.710. The normalized spacial score (nSPS) is 15.0. The van der Waals surface area contributed by atoms with E-state index in [1.54, 1.807) is 14.2 Å². The Morgan fingerprint density at radius 2 is 1.96 bits per heavy atom. The molecule has 1 saturated heterocycles. The van der Waals surface area contributed by atoms with Crippen molar-refractivity contribution in [3.63, 3.8) is 0 Å². The SMILES string of the molecule is COc1ccc(NC(=S)N2CCN(Cc3cnn(C)c3)CC2)c(OC)c1. The summed E-state index contributed by atoms with van der Waals surface area (Å²) < 4.78 is 12.5. The van der Waals surface area contributed by atoms with E-state index in [1.165, 1.54) is 5.56 Å². The van der Waals surface area contributed by atoms with Crippen LogP contribution in [0.2, 0.25) is 0 Å².